The molecule has 2 rings (SSSR count). The molecule has 1 N–H and O–H groups in total. The second-order valence-corrected chi connectivity index (χ2v) is 4.22. The van der Waals surface area contributed by atoms with Crippen LogP contribution in [0.5, 0.6) is 0 Å². The van der Waals surface area contributed by atoms with Crippen LogP contribution in [-0.4, -0.2) is 11.2 Å². The van der Waals surface area contributed by atoms with Crippen molar-refractivity contribution < 1.29 is 15.0 Å². The van der Waals surface area contributed by atoms with E-state index in [1.807, 2.05) is 13.8 Å². The van der Waals surface area contributed by atoms with Gasteiger partial charge in [0.15, 0.2) is 0 Å². The third-order valence-corrected chi connectivity index (χ3v) is 2.79. The van der Waals surface area contributed by atoms with Gasteiger partial charge in [-0.2, -0.15) is 0 Å². The minimum absolute atomic E-state index is 0.00139. The molecule has 0 saturated heterocycles. The summed E-state index contributed by atoms with van der Waals surface area (Å²) >= 11 is 0. The lowest BCUT2D eigenvalue weighted by molar-refractivity contribution is 0.106. The van der Waals surface area contributed by atoms with E-state index >= 15 is 0 Å². The van der Waals surface area contributed by atoms with Crippen LogP contribution >= 0.6 is 0 Å². The lowest BCUT2D eigenvalue weighted by Crippen LogP contribution is -2.28. The number of aliphatic hydroxyl groups is 1. The molecule has 0 saturated carbocycles. The highest BCUT2D eigenvalue weighted by Crippen LogP contribution is 2.37. The van der Waals surface area contributed by atoms with E-state index in [4.69, 9.17) is 5.48 Å². The summed E-state index contributed by atoms with van der Waals surface area (Å²) in [5.74, 6) is -1.22. The molecule has 0 fully saturated rings. The van der Waals surface area contributed by atoms with E-state index < -0.39 is 30.6 Å². The van der Waals surface area contributed by atoms with Crippen molar-refractivity contribution in [2.75, 3.05) is 0 Å². The van der Waals surface area contributed by atoms with Crippen LogP contribution in [0.25, 0.3) is 0 Å². The van der Waals surface area contributed by atoms with Crippen LogP contribution in [0, 0.1) is 24.6 Å². The largest absolute Gasteiger partial charge is 0.392 e. The van der Waals surface area contributed by atoms with Crippen molar-refractivity contribution in [2.24, 2.45) is 5.92 Å². The van der Waals surface area contributed by atoms with Gasteiger partial charge < -0.3 is 5.11 Å². The first-order valence-corrected chi connectivity index (χ1v) is 5.42. The Morgan fingerprint density at radius 1 is 1.47 bits per heavy atom. The van der Waals surface area contributed by atoms with Crippen LogP contribution in [0.3, 0.4) is 0 Å². The van der Waals surface area contributed by atoms with E-state index in [0.29, 0.717) is 5.56 Å². The number of terminal acetylenes is 1. The zero-order chi connectivity index (χ0) is 16.6. The molecule has 92 valence electrons. The van der Waals surface area contributed by atoms with Gasteiger partial charge in [-0.3, -0.25) is 0 Å². The lowest BCUT2D eigenvalue weighted by atomic mass is 9.75. The maximum absolute atomic E-state index is 13.4. The van der Waals surface area contributed by atoms with Gasteiger partial charge in [0, 0.05) is 11.4 Å². The average Bonchev–Trinajstić information content (AvgIpc) is 2.40. The van der Waals surface area contributed by atoms with Gasteiger partial charge in [0.05, 0.1) is 6.10 Å². The minimum atomic E-state index is -2.46. The molecule has 0 heterocycles. The molecule has 1 aromatic rings. The van der Waals surface area contributed by atoms with Crippen molar-refractivity contribution in [1.82, 2.24) is 0 Å². The van der Waals surface area contributed by atoms with E-state index in [2.05, 4.69) is 12.8 Å². The molecule has 0 aliphatic heterocycles. The maximum Gasteiger partial charge on any atom is 0.123 e. The number of benzene rings is 1. The normalized spacial score (nSPS) is 31.9. The highest BCUT2D eigenvalue weighted by molar-refractivity contribution is 5.34. The zero-order valence-corrected chi connectivity index (χ0v) is 9.94. The van der Waals surface area contributed by atoms with Crippen molar-refractivity contribution >= 4 is 0 Å². The monoisotopic (exact) mass is 238 g/mol. The van der Waals surface area contributed by atoms with Crippen molar-refractivity contribution in [3.05, 3.63) is 35.1 Å². The standard InChI is InChI=1S/C13H17FO.C2H2/c1-8(2)13-11-5-4-10(14)7-9(11)3-6-12(13)15;1-2/h4-5,7-8,12-13,15H,3,6H2,1-2H3;1-2H/i3D2,6D2;. The summed E-state index contributed by atoms with van der Waals surface area (Å²) in [5.41, 5.74) is 0.491. The Balaban J connectivity index is 0.00000106. The van der Waals surface area contributed by atoms with Crippen molar-refractivity contribution in [2.45, 2.75) is 38.6 Å². The first-order chi connectivity index (χ1) is 9.60. The summed E-state index contributed by atoms with van der Waals surface area (Å²) in [7, 11) is 0. The van der Waals surface area contributed by atoms with Gasteiger partial charge in [-0.15, -0.1) is 12.8 Å². The maximum atomic E-state index is 13.4. The summed E-state index contributed by atoms with van der Waals surface area (Å²) in [6, 6.07) is 3.71. The minimum Gasteiger partial charge on any atom is -0.392 e. The summed E-state index contributed by atoms with van der Waals surface area (Å²) in [5, 5.41) is 10.2. The molecule has 1 aromatic carbocycles. The SMILES string of the molecule is C#C.[2H]C1([2H])c2cc(F)ccc2C(C(C)C)C(O)C1([2H])[2H]. The van der Waals surface area contributed by atoms with Crippen LogP contribution in [0.2, 0.25) is 0 Å². The Morgan fingerprint density at radius 3 is 2.71 bits per heavy atom. The summed E-state index contributed by atoms with van der Waals surface area (Å²) in [4.78, 5) is 0. The fourth-order valence-electron chi connectivity index (χ4n) is 2.06. The third kappa shape index (κ3) is 2.87. The smallest absolute Gasteiger partial charge is 0.123 e. The van der Waals surface area contributed by atoms with E-state index in [0.717, 1.165) is 6.07 Å². The summed E-state index contributed by atoms with van der Waals surface area (Å²) in [6.45, 7) is 3.66. The Bertz CT molecular complexity index is 540. The molecule has 2 atom stereocenters. The molecule has 0 radical (unpaired) electrons. The predicted octanol–water partition coefficient (Wildman–Crippen LogP) is 3.12. The molecule has 1 aliphatic carbocycles. The lowest BCUT2D eigenvalue weighted by Gasteiger charge is -2.33. The Hall–Kier alpha value is -1.33. The quantitative estimate of drug-likeness (QED) is 0.745. The van der Waals surface area contributed by atoms with E-state index in [1.165, 1.54) is 12.1 Å². The number of aryl methyl sites for hydroxylation is 1. The summed E-state index contributed by atoms with van der Waals surface area (Å²) < 4.78 is 45.0. The molecule has 2 unspecified atom stereocenters. The fourth-order valence-corrected chi connectivity index (χ4v) is 2.06. The molecular formula is C15H19FO. The summed E-state index contributed by atoms with van der Waals surface area (Å²) in [6.07, 6.45) is 1.67. The average molecular weight is 238 g/mol. The number of hydrogen-bond donors (Lipinski definition) is 1. The van der Waals surface area contributed by atoms with Gasteiger partial charge in [0.2, 0.25) is 0 Å². The van der Waals surface area contributed by atoms with Gasteiger partial charge in [-0.05, 0) is 41.9 Å². The zero-order valence-electron chi connectivity index (χ0n) is 13.9. The molecule has 2 heteroatoms. The van der Waals surface area contributed by atoms with E-state index in [1.54, 1.807) is 0 Å². The highest BCUT2D eigenvalue weighted by atomic mass is 19.1. The second-order valence-electron chi connectivity index (χ2n) is 4.22. The molecular weight excluding hydrogens is 215 g/mol. The van der Waals surface area contributed by atoms with Crippen molar-refractivity contribution in [1.29, 1.82) is 0 Å². The Kier molecular flexibility index (Phi) is 2.99. The number of aliphatic hydroxyl groups excluding tert-OH is 1. The third-order valence-electron chi connectivity index (χ3n) is 2.79. The number of hydrogen-bond acceptors (Lipinski definition) is 1. The van der Waals surface area contributed by atoms with Gasteiger partial charge in [-0.25, -0.2) is 4.39 Å². The van der Waals surface area contributed by atoms with Crippen LogP contribution in [0.15, 0.2) is 18.2 Å². The van der Waals surface area contributed by atoms with Gasteiger partial charge in [-0.1, -0.05) is 19.9 Å². The molecule has 1 nitrogen and oxygen atoms in total. The molecule has 1 aliphatic rings. The van der Waals surface area contributed by atoms with Gasteiger partial charge in [0.25, 0.3) is 0 Å². The van der Waals surface area contributed by atoms with Crippen LogP contribution < -0.4 is 0 Å². The first-order valence-electron chi connectivity index (χ1n) is 7.42. The molecule has 0 bridgehead atoms. The molecule has 17 heavy (non-hydrogen) atoms. The number of halogens is 1. The predicted molar refractivity (Wildman–Crippen MR) is 68.2 cm³/mol. The Morgan fingerprint density at radius 2 is 2.12 bits per heavy atom. The number of rotatable bonds is 1. The van der Waals surface area contributed by atoms with Crippen LogP contribution in [0.4, 0.5) is 4.39 Å². The Labute approximate surface area is 108 Å². The highest BCUT2D eigenvalue weighted by Gasteiger charge is 2.30. The molecule has 0 amide bonds. The topological polar surface area (TPSA) is 20.2 Å². The first kappa shape index (κ1) is 8.72. The second kappa shape index (κ2) is 5.84. The van der Waals surface area contributed by atoms with Gasteiger partial charge in [0.1, 0.15) is 5.82 Å². The number of fused-ring (bicyclic) bond motifs is 1. The van der Waals surface area contributed by atoms with Crippen LogP contribution in [-0.2, 0) is 6.37 Å². The molecule has 0 spiro atoms. The van der Waals surface area contributed by atoms with Gasteiger partial charge >= 0.3 is 0 Å². The van der Waals surface area contributed by atoms with E-state index in [9.17, 15) is 9.50 Å². The van der Waals surface area contributed by atoms with Crippen LogP contribution in [0.1, 0.15) is 42.7 Å². The van der Waals surface area contributed by atoms with Crippen molar-refractivity contribution in [3.63, 3.8) is 0 Å². The van der Waals surface area contributed by atoms with Crippen molar-refractivity contribution in [3.8, 4) is 12.8 Å². The fraction of sp³-hybridized carbons (Fsp3) is 0.467. The molecule has 0 aromatic heterocycles. The van der Waals surface area contributed by atoms with E-state index in [-0.39, 0.29) is 11.5 Å².